The average molecular weight is 396 g/mol. The number of aliphatic hydroxyl groups is 4. The highest BCUT2D eigenvalue weighted by Crippen LogP contribution is 2.25. The molecule has 160 valence electrons. The van der Waals surface area contributed by atoms with Gasteiger partial charge in [-0.15, -0.1) is 0 Å². The van der Waals surface area contributed by atoms with E-state index in [9.17, 15) is 14.4 Å². The largest absolute Gasteiger partial charge is 0.478 e. The summed E-state index contributed by atoms with van der Waals surface area (Å²) in [6.07, 6.45) is 2.50. The highest BCUT2D eigenvalue weighted by atomic mass is 16.4. The average Bonchev–Trinajstić information content (AvgIpc) is 2.64. The lowest BCUT2D eigenvalue weighted by atomic mass is 9.79. The van der Waals surface area contributed by atoms with Crippen LogP contribution in [0, 0.1) is 11.3 Å². The molecule has 10 heteroatoms. The van der Waals surface area contributed by atoms with Gasteiger partial charge in [-0.1, -0.05) is 34.1 Å². The van der Waals surface area contributed by atoms with E-state index >= 15 is 0 Å². The van der Waals surface area contributed by atoms with Crippen LogP contribution in [0.3, 0.4) is 0 Å². The Hall–Kier alpha value is -2.53. The smallest absolute Gasteiger partial charge is 0.327 e. The molecule has 0 heterocycles. The molecule has 1 unspecified atom stereocenters. The molecule has 7 N–H and O–H groups in total. The predicted octanol–water partition coefficient (Wildman–Crippen LogP) is -0.0148. The van der Waals surface area contributed by atoms with Crippen molar-refractivity contribution in [2.45, 2.75) is 14.4 Å². The van der Waals surface area contributed by atoms with E-state index in [1.165, 1.54) is 0 Å². The number of rotatable bonds is 8. The molecule has 10 nitrogen and oxygen atoms in total. The van der Waals surface area contributed by atoms with Crippen molar-refractivity contribution < 1.29 is 50.1 Å². The first-order valence-electron chi connectivity index (χ1n) is 6.97. The minimum atomic E-state index is -0.981. The van der Waals surface area contributed by atoms with Gasteiger partial charge in [0.1, 0.15) is 0 Å². The van der Waals surface area contributed by atoms with Crippen molar-refractivity contribution in [3.05, 3.63) is 38.0 Å². The maximum absolute atomic E-state index is 9.25. The van der Waals surface area contributed by atoms with Gasteiger partial charge in [-0.25, -0.2) is 14.4 Å². The normalized spacial score (nSPS) is 9.67. The zero-order chi connectivity index (χ0) is 21.8. The summed E-state index contributed by atoms with van der Waals surface area (Å²) >= 11 is 0. The molecule has 27 heavy (non-hydrogen) atoms. The van der Waals surface area contributed by atoms with Gasteiger partial charge in [0.2, 0.25) is 0 Å². The number of carboxylic acids is 3. The Labute approximate surface area is 159 Å². The van der Waals surface area contributed by atoms with Crippen molar-refractivity contribution in [1.82, 2.24) is 0 Å². The molecular formula is C17H32O10. The standard InChI is InChI=1S/C7H16O4.3C3H4O2.CH4/c1-6(2-8)7(3-9,4-10)5-11;3*1-2-3(4)5;/h6,8-11H,2-5H2,1H3;3*2H,1H2,(H,4,5);1H4. The third-order valence-corrected chi connectivity index (χ3v) is 2.79. The van der Waals surface area contributed by atoms with E-state index in [-0.39, 0.29) is 39.8 Å². The van der Waals surface area contributed by atoms with Crippen LogP contribution in [-0.2, 0) is 14.4 Å². The summed E-state index contributed by atoms with van der Waals surface area (Å²) in [5, 5.41) is 58.1. The number of aliphatic carboxylic acids is 3. The van der Waals surface area contributed by atoms with E-state index in [2.05, 4.69) is 19.7 Å². The maximum Gasteiger partial charge on any atom is 0.327 e. The van der Waals surface area contributed by atoms with Gasteiger partial charge in [-0.3, -0.25) is 0 Å². The van der Waals surface area contributed by atoms with Gasteiger partial charge in [0, 0.05) is 30.2 Å². The highest BCUT2D eigenvalue weighted by molar-refractivity contribution is 5.79. The van der Waals surface area contributed by atoms with E-state index in [0.717, 1.165) is 18.2 Å². The van der Waals surface area contributed by atoms with Crippen LogP contribution in [0.1, 0.15) is 14.4 Å². The molecule has 0 rings (SSSR count). The molecule has 0 aromatic heterocycles. The van der Waals surface area contributed by atoms with Crippen molar-refractivity contribution in [2.75, 3.05) is 26.4 Å². The zero-order valence-electron chi connectivity index (χ0n) is 14.6. The molecule has 0 spiro atoms. The molecule has 0 fully saturated rings. The lowest BCUT2D eigenvalue weighted by Gasteiger charge is -2.32. The number of carbonyl (C=O) groups is 3. The number of hydrogen-bond acceptors (Lipinski definition) is 7. The molecule has 0 saturated heterocycles. The van der Waals surface area contributed by atoms with Crippen molar-refractivity contribution in [1.29, 1.82) is 0 Å². The molecular weight excluding hydrogens is 364 g/mol. The summed E-state index contributed by atoms with van der Waals surface area (Å²) in [4.78, 5) is 27.8. The van der Waals surface area contributed by atoms with Crippen LogP contribution in [0.5, 0.6) is 0 Å². The van der Waals surface area contributed by atoms with Crippen LogP contribution in [0.15, 0.2) is 38.0 Å². The molecule has 0 saturated carbocycles. The topological polar surface area (TPSA) is 193 Å². The number of aliphatic hydroxyl groups excluding tert-OH is 4. The fourth-order valence-electron chi connectivity index (χ4n) is 0.811. The van der Waals surface area contributed by atoms with E-state index < -0.39 is 23.3 Å². The Balaban J connectivity index is -0.0000000858. The summed E-state index contributed by atoms with van der Waals surface area (Å²) in [5.41, 5.74) is -0.950. The van der Waals surface area contributed by atoms with E-state index in [0.29, 0.717) is 0 Å². The lowest BCUT2D eigenvalue weighted by Crippen LogP contribution is -2.41. The van der Waals surface area contributed by atoms with Gasteiger partial charge in [0.15, 0.2) is 0 Å². The molecule has 0 aliphatic heterocycles. The summed E-state index contributed by atoms with van der Waals surface area (Å²) in [6.45, 7) is 9.45. The summed E-state index contributed by atoms with van der Waals surface area (Å²) in [7, 11) is 0. The second-order valence-corrected chi connectivity index (χ2v) is 4.55. The van der Waals surface area contributed by atoms with Gasteiger partial charge in [0.05, 0.1) is 19.8 Å². The number of carboxylic acid groups (broad SMARTS) is 3. The fraction of sp³-hybridized carbons (Fsp3) is 0.471. The molecule has 0 aliphatic carbocycles. The molecule has 0 radical (unpaired) electrons. The first-order valence-corrected chi connectivity index (χ1v) is 6.97. The maximum atomic E-state index is 9.25. The Bertz CT molecular complexity index is 376. The Morgan fingerprint density at radius 2 is 0.963 bits per heavy atom. The van der Waals surface area contributed by atoms with Crippen LogP contribution < -0.4 is 0 Å². The van der Waals surface area contributed by atoms with E-state index in [4.69, 9.17) is 35.7 Å². The second kappa shape index (κ2) is 23.5. The van der Waals surface area contributed by atoms with Crippen LogP contribution in [0.2, 0.25) is 0 Å². The van der Waals surface area contributed by atoms with Gasteiger partial charge in [0.25, 0.3) is 0 Å². The van der Waals surface area contributed by atoms with Gasteiger partial charge < -0.3 is 35.7 Å². The van der Waals surface area contributed by atoms with Crippen LogP contribution >= 0.6 is 0 Å². The van der Waals surface area contributed by atoms with E-state index in [1.807, 2.05) is 0 Å². The molecule has 0 amide bonds. The van der Waals surface area contributed by atoms with Crippen LogP contribution in [0.4, 0.5) is 0 Å². The van der Waals surface area contributed by atoms with Crippen molar-refractivity contribution >= 4 is 17.9 Å². The van der Waals surface area contributed by atoms with E-state index in [1.54, 1.807) is 6.92 Å². The van der Waals surface area contributed by atoms with Crippen molar-refractivity contribution in [3.63, 3.8) is 0 Å². The third kappa shape index (κ3) is 25.8. The molecule has 0 bridgehead atoms. The SMILES string of the molecule is C.C=CC(=O)O.C=CC(=O)O.C=CC(=O)O.CC(CO)C(CO)(CO)CO. The zero-order valence-corrected chi connectivity index (χ0v) is 14.6. The van der Waals surface area contributed by atoms with Gasteiger partial charge in [-0.05, 0) is 5.92 Å². The van der Waals surface area contributed by atoms with Crippen LogP contribution in [0.25, 0.3) is 0 Å². The second-order valence-electron chi connectivity index (χ2n) is 4.55. The molecule has 0 aromatic carbocycles. The summed E-state index contributed by atoms with van der Waals surface area (Å²) in [5.74, 6) is -3.25. The highest BCUT2D eigenvalue weighted by Gasteiger charge is 2.34. The first kappa shape index (κ1) is 35.6. The minimum Gasteiger partial charge on any atom is -0.478 e. The molecule has 0 aromatic rings. The van der Waals surface area contributed by atoms with Gasteiger partial charge >= 0.3 is 17.9 Å². The monoisotopic (exact) mass is 396 g/mol. The quantitative estimate of drug-likeness (QED) is 0.274. The summed E-state index contributed by atoms with van der Waals surface area (Å²) < 4.78 is 0. The Morgan fingerprint density at radius 3 is 1.00 bits per heavy atom. The van der Waals surface area contributed by atoms with Crippen molar-refractivity contribution in [3.8, 4) is 0 Å². The van der Waals surface area contributed by atoms with Crippen molar-refractivity contribution in [2.24, 2.45) is 11.3 Å². The Morgan fingerprint density at radius 1 is 0.778 bits per heavy atom. The van der Waals surface area contributed by atoms with Crippen LogP contribution in [-0.4, -0.2) is 80.1 Å². The molecule has 1 atom stereocenters. The molecule has 0 aliphatic rings. The minimum absolute atomic E-state index is 0. The lowest BCUT2D eigenvalue weighted by molar-refractivity contribution is -0.132. The third-order valence-electron chi connectivity index (χ3n) is 2.79. The fourth-order valence-corrected chi connectivity index (χ4v) is 0.811. The Kier molecular flexibility index (Phi) is 30.9. The first-order chi connectivity index (χ1) is 12.0. The number of hydrogen-bond donors (Lipinski definition) is 7. The predicted molar refractivity (Wildman–Crippen MR) is 100 cm³/mol. The van der Waals surface area contributed by atoms with Gasteiger partial charge in [-0.2, -0.15) is 0 Å². The summed E-state index contributed by atoms with van der Waals surface area (Å²) in [6, 6.07) is 0.